The molecule has 2 fully saturated rings. The summed E-state index contributed by atoms with van der Waals surface area (Å²) in [7, 11) is 0. The van der Waals surface area contributed by atoms with Crippen LogP contribution in [0.2, 0.25) is 0 Å². The Hall–Kier alpha value is -0.120. The Balaban J connectivity index is 1.80. The summed E-state index contributed by atoms with van der Waals surface area (Å²) in [5.74, 6) is 0. The molecule has 0 aliphatic carbocycles. The molecule has 0 amide bonds. The van der Waals surface area contributed by atoms with Crippen LogP contribution in [0.15, 0.2) is 0 Å². The number of hydrogen-bond acceptors (Lipinski definition) is 3. The number of likely N-dealkylation sites (tertiary alicyclic amines) is 1. The summed E-state index contributed by atoms with van der Waals surface area (Å²) < 4.78 is 5.66. The van der Waals surface area contributed by atoms with Crippen molar-refractivity contribution in [3.05, 3.63) is 0 Å². The first-order chi connectivity index (χ1) is 7.08. The fourth-order valence-electron chi connectivity index (χ4n) is 2.49. The zero-order valence-corrected chi connectivity index (χ0v) is 10.0. The zero-order chi connectivity index (χ0) is 10.9. The zero-order valence-electron chi connectivity index (χ0n) is 10.0. The Labute approximate surface area is 93.0 Å². The number of piperidine rings is 1. The van der Waals surface area contributed by atoms with Gasteiger partial charge in [-0.05, 0) is 31.2 Å². The van der Waals surface area contributed by atoms with Gasteiger partial charge in [0.1, 0.15) is 0 Å². The number of nitrogens with zero attached hydrogens (tertiary/aromatic N) is 1. The van der Waals surface area contributed by atoms with E-state index in [0.717, 1.165) is 19.7 Å². The molecule has 0 bridgehead atoms. The van der Waals surface area contributed by atoms with Gasteiger partial charge in [0.05, 0.1) is 6.10 Å². The summed E-state index contributed by atoms with van der Waals surface area (Å²) in [5.41, 5.74) is 6.51. The topological polar surface area (TPSA) is 38.5 Å². The molecule has 0 radical (unpaired) electrons. The third-order valence-corrected chi connectivity index (χ3v) is 4.02. The lowest BCUT2D eigenvalue weighted by Gasteiger charge is -2.42. The van der Waals surface area contributed by atoms with Crippen molar-refractivity contribution >= 4 is 0 Å². The lowest BCUT2D eigenvalue weighted by Crippen LogP contribution is -2.54. The molecular formula is C12H24N2O. The minimum absolute atomic E-state index is 0.313. The van der Waals surface area contributed by atoms with Gasteiger partial charge in [-0.15, -0.1) is 0 Å². The molecule has 0 saturated carbocycles. The number of rotatable bonds is 2. The largest absolute Gasteiger partial charge is 0.377 e. The Morgan fingerprint density at radius 2 is 2.27 bits per heavy atom. The van der Waals surface area contributed by atoms with Crippen molar-refractivity contribution < 1.29 is 4.74 Å². The SMILES string of the molecule is CC1(C)CCN(CC2CCCO2)CC1N. The molecule has 2 aliphatic rings. The Morgan fingerprint density at radius 3 is 2.87 bits per heavy atom. The van der Waals surface area contributed by atoms with Gasteiger partial charge in [0, 0.05) is 25.7 Å². The minimum atomic E-state index is 0.313. The van der Waals surface area contributed by atoms with E-state index in [1.54, 1.807) is 0 Å². The van der Waals surface area contributed by atoms with E-state index in [1.165, 1.54) is 25.8 Å². The Morgan fingerprint density at radius 1 is 1.47 bits per heavy atom. The molecule has 0 aromatic heterocycles. The highest BCUT2D eigenvalue weighted by molar-refractivity contribution is 4.90. The van der Waals surface area contributed by atoms with E-state index in [-0.39, 0.29) is 0 Å². The first-order valence-corrected chi connectivity index (χ1v) is 6.17. The van der Waals surface area contributed by atoms with Crippen LogP contribution in [-0.4, -0.2) is 43.3 Å². The maximum absolute atomic E-state index is 6.19. The van der Waals surface area contributed by atoms with Crippen LogP contribution in [0.3, 0.4) is 0 Å². The third-order valence-electron chi connectivity index (χ3n) is 4.02. The maximum atomic E-state index is 6.19. The van der Waals surface area contributed by atoms with Gasteiger partial charge in [-0.1, -0.05) is 13.8 Å². The van der Waals surface area contributed by atoms with Crippen molar-refractivity contribution in [2.45, 2.75) is 45.3 Å². The second kappa shape index (κ2) is 4.40. The molecule has 3 heteroatoms. The van der Waals surface area contributed by atoms with Crippen molar-refractivity contribution in [2.24, 2.45) is 11.1 Å². The second-order valence-corrected chi connectivity index (χ2v) is 5.74. The van der Waals surface area contributed by atoms with Crippen LogP contribution in [0.25, 0.3) is 0 Å². The molecule has 2 rings (SSSR count). The van der Waals surface area contributed by atoms with E-state index in [1.807, 2.05) is 0 Å². The molecule has 2 unspecified atom stereocenters. The van der Waals surface area contributed by atoms with Crippen LogP contribution in [-0.2, 0) is 4.74 Å². The molecule has 3 nitrogen and oxygen atoms in total. The lowest BCUT2D eigenvalue weighted by molar-refractivity contribution is 0.0398. The predicted molar refractivity (Wildman–Crippen MR) is 61.8 cm³/mol. The third kappa shape index (κ3) is 2.71. The highest BCUT2D eigenvalue weighted by atomic mass is 16.5. The smallest absolute Gasteiger partial charge is 0.0702 e. The quantitative estimate of drug-likeness (QED) is 0.748. The van der Waals surface area contributed by atoms with Gasteiger partial charge in [0.25, 0.3) is 0 Å². The van der Waals surface area contributed by atoms with Gasteiger partial charge in [-0.2, -0.15) is 0 Å². The van der Waals surface area contributed by atoms with Gasteiger partial charge in [-0.25, -0.2) is 0 Å². The average Bonchev–Trinajstić information content (AvgIpc) is 2.65. The number of nitrogens with two attached hydrogens (primary N) is 1. The van der Waals surface area contributed by atoms with Crippen molar-refractivity contribution in [3.63, 3.8) is 0 Å². The van der Waals surface area contributed by atoms with Gasteiger partial charge in [-0.3, -0.25) is 4.90 Å². The summed E-state index contributed by atoms with van der Waals surface area (Å²) in [6.45, 7) is 8.81. The molecule has 2 saturated heterocycles. The first kappa shape index (κ1) is 11.4. The van der Waals surface area contributed by atoms with Crippen LogP contribution in [0.5, 0.6) is 0 Å². The average molecular weight is 212 g/mol. The molecular weight excluding hydrogens is 188 g/mol. The normalized spacial score (nSPS) is 37.0. The van der Waals surface area contributed by atoms with E-state index < -0.39 is 0 Å². The minimum Gasteiger partial charge on any atom is -0.377 e. The van der Waals surface area contributed by atoms with Crippen molar-refractivity contribution in [1.29, 1.82) is 0 Å². The first-order valence-electron chi connectivity index (χ1n) is 6.17. The van der Waals surface area contributed by atoms with Crippen LogP contribution < -0.4 is 5.73 Å². The van der Waals surface area contributed by atoms with E-state index in [9.17, 15) is 0 Å². The molecule has 0 spiro atoms. The summed E-state index contributed by atoms with van der Waals surface area (Å²) in [6.07, 6.45) is 4.14. The van der Waals surface area contributed by atoms with Crippen LogP contribution in [0.4, 0.5) is 0 Å². The number of ether oxygens (including phenoxy) is 1. The van der Waals surface area contributed by atoms with E-state index >= 15 is 0 Å². The van der Waals surface area contributed by atoms with Gasteiger partial charge in [0.2, 0.25) is 0 Å². The molecule has 0 aromatic carbocycles. The summed E-state index contributed by atoms with van der Waals surface area (Å²) in [4.78, 5) is 2.48. The molecule has 15 heavy (non-hydrogen) atoms. The van der Waals surface area contributed by atoms with E-state index in [0.29, 0.717) is 17.6 Å². The van der Waals surface area contributed by atoms with Gasteiger partial charge < -0.3 is 10.5 Å². The molecule has 2 aliphatic heterocycles. The van der Waals surface area contributed by atoms with Gasteiger partial charge in [0.15, 0.2) is 0 Å². The summed E-state index contributed by atoms with van der Waals surface area (Å²) >= 11 is 0. The highest BCUT2D eigenvalue weighted by Gasteiger charge is 2.33. The Kier molecular flexibility index (Phi) is 3.33. The van der Waals surface area contributed by atoms with Gasteiger partial charge >= 0.3 is 0 Å². The van der Waals surface area contributed by atoms with Crippen LogP contribution >= 0.6 is 0 Å². The van der Waals surface area contributed by atoms with Crippen molar-refractivity contribution in [1.82, 2.24) is 4.90 Å². The highest BCUT2D eigenvalue weighted by Crippen LogP contribution is 2.29. The van der Waals surface area contributed by atoms with E-state index in [2.05, 4.69) is 18.7 Å². The monoisotopic (exact) mass is 212 g/mol. The van der Waals surface area contributed by atoms with Crippen LogP contribution in [0, 0.1) is 5.41 Å². The molecule has 2 heterocycles. The van der Waals surface area contributed by atoms with E-state index in [4.69, 9.17) is 10.5 Å². The lowest BCUT2D eigenvalue weighted by atomic mass is 9.78. The maximum Gasteiger partial charge on any atom is 0.0702 e. The fraction of sp³-hybridized carbons (Fsp3) is 1.00. The molecule has 2 N–H and O–H groups in total. The van der Waals surface area contributed by atoms with Crippen molar-refractivity contribution in [3.8, 4) is 0 Å². The molecule has 2 atom stereocenters. The molecule has 0 aromatic rings. The standard InChI is InChI=1S/C12H24N2O/c1-12(2)5-6-14(9-11(12)13)8-10-4-3-7-15-10/h10-11H,3-9,13H2,1-2H3. The predicted octanol–water partition coefficient (Wildman–Crippen LogP) is 1.22. The Bertz CT molecular complexity index is 210. The molecule has 88 valence electrons. The second-order valence-electron chi connectivity index (χ2n) is 5.74. The summed E-state index contributed by atoms with van der Waals surface area (Å²) in [6, 6.07) is 0.313. The summed E-state index contributed by atoms with van der Waals surface area (Å²) in [5, 5.41) is 0. The van der Waals surface area contributed by atoms with Crippen LogP contribution in [0.1, 0.15) is 33.1 Å². The van der Waals surface area contributed by atoms with Crippen molar-refractivity contribution in [2.75, 3.05) is 26.2 Å². The number of hydrogen-bond donors (Lipinski definition) is 1. The fourth-order valence-corrected chi connectivity index (χ4v) is 2.49.